The number of rotatable bonds is 9. The quantitative estimate of drug-likeness (QED) is 0.386. The Balaban J connectivity index is 1.67. The van der Waals surface area contributed by atoms with Gasteiger partial charge in [-0.1, -0.05) is 12.1 Å². The largest absolute Gasteiger partial charge is 0.494 e. The summed E-state index contributed by atoms with van der Waals surface area (Å²) in [6.45, 7) is 1.93. The third kappa shape index (κ3) is 7.81. The monoisotopic (exact) mass is 400 g/mol. The van der Waals surface area contributed by atoms with Gasteiger partial charge in [0, 0.05) is 39.8 Å². The molecule has 2 N–H and O–H groups in total. The smallest absolute Gasteiger partial charge is 0.253 e. The van der Waals surface area contributed by atoms with E-state index in [4.69, 9.17) is 4.74 Å². The lowest BCUT2D eigenvalue weighted by molar-refractivity contribution is 0.0827. The van der Waals surface area contributed by atoms with Crippen molar-refractivity contribution < 1.29 is 13.9 Å². The molecule has 0 aliphatic rings. The lowest BCUT2D eigenvalue weighted by atomic mass is 10.1. The lowest BCUT2D eigenvalue weighted by Gasteiger charge is -2.13. The molecule has 0 saturated heterocycles. The lowest BCUT2D eigenvalue weighted by Crippen LogP contribution is -2.39. The van der Waals surface area contributed by atoms with Crippen LogP contribution in [0.1, 0.15) is 22.3 Å². The Morgan fingerprint density at radius 2 is 1.83 bits per heavy atom. The van der Waals surface area contributed by atoms with Crippen molar-refractivity contribution in [3.8, 4) is 5.75 Å². The fraction of sp³-hybridized carbons (Fsp3) is 0.364. The summed E-state index contributed by atoms with van der Waals surface area (Å²) in [5, 5.41) is 6.50. The van der Waals surface area contributed by atoms with Crippen LogP contribution in [-0.4, -0.2) is 57.6 Å². The van der Waals surface area contributed by atoms with E-state index < -0.39 is 0 Å². The maximum absolute atomic E-state index is 12.9. The van der Waals surface area contributed by atoms with E-state index in [0.717, 1.165) is 18.4 Å². The van der Waals surface area contributed by atoms with Crippen molar-refractivity contribution in [2.24, 2.45) is 4.99 Å². The minimum Gasteiger partial charge on any atom is -0.494 e. The molecule has 0 unspecified atom stereocenters. The van der Waals surface area contributed by atoms with Gasteiger partial charge in [0.05, 0.1) is 6.61 Å². The highest BCUT2D eigenvalue weighted by Gasteiger charge is 2.08. The standard InChI is InChI=1S/C22H29FN4O2/c1-24-22(25-13-5-15-29-20-10-8-19(23)9-11-20)26-14-12-17-6-4-7-18(16-17)21(28)27(2)3/h4,6-11,16H,5,12-15H2,1-3H3,(H2,24,25,26). The summed E-state index contributed by atoms with van der Waals surface area (Å²) in [7, 11) is 5.22. The van der Waals surface area contributed by atoms with E-state index in [1.165, 1.54) is 12.1 Å². The highest BCUT2D eigenvalue weighted by Crippen LogP contribution is 2.11. The van der Waals surface area contributed by atoms with Gasteiger partial charge in [0.15, 0.2) is 5.96 Å². The molecule has 0 aliphatic heterocycles. The van der Waals surface area contributed by atoms with Crippen molar-refractivity contribution >= 4 is 11.9 Å². The maximum atomic E-state index is 12.9. The summed E-state index contributed by atoms with van der Waals surface area (Å²) >= 11 is 0. The number of carbonyl (C=O) groups is 1. The second-order valence-electron chi connectivity index (χ2n) is 6.73. The molecule has 2 aromatic carbocycles. The molecule has 29 heavy (non-hydrogen) atoms. The number of halogens is 1. The van der Waals surface area contributed by atoms with Crippen molar-refractivity contribution in [3.63, 3.8) is 0 Å². The molecule has 0 saturated carbocycles. The van der Waals surface area contributed by atoms with Crippen molar-refractivity contribution in [1.82, 2.24) is 15.5 Å². The molecule has 0 radical (unpaired) electrons. The normalized spacial score (nSPS) is 11.1. The van der Waals surface area contributed by atoms with Gasteiger partial charge in [-0.05, 0) is 54.8 Å². The van der Waals surface area contributed by atoms with Crippen LogP contribution in [0.2, 0.25) is 0 Å². The molecule has 1 amide bonds. The van der Waals surface area contributed by atoms with Gasteiger partial charge >= 0.3 is 0 Å². The van der Waals surface area contributed by atoms with Crippen LogP contribution in [0.5, 0.6) is 5.75 Å². The number of amides is 1. The Bertz CT molecular complexity index is 807. The molecular weight excluding hydrogens is 371 g/mol. The molecule has 156 valence electrons. The van der Waals surface area contributed by atoms with E-state index in [1.807, 2.05) is 24.3 Å². The van der Waals surface area contributed by atoms with Crippen LogP contribution in [0.15, 0.2) is 53.5 Å². The van der Waals surface area contributed by atoms with E-state index in [9.17, 15) is 9.18 Å². The molecule has 2 rings (SSSR count). The number of nitrogens with zero attached hydrogens (tertiary/aromatic N) is 2. The van der Waals surface area contributed by atoms with Crippen LogP contribution in [0.3, 0.4) is 0 Å². The molecular formula is C22H29FN4O2. The number of hydrogen-bond donors (Lipinski definition) is 2. The molecule has 2 aromatic rings. The SMILES string of the molecule is CN=C(NCCCOc1ccc(F)cc1)NCCc1cccc(C(=O)N(C)C)c1. The second-order valence-corrected chi connectivity index (χ2v) is 6.73. The van der Waals surface area contributed by atoms with Crippen molar-refractivity contribution in [1.29, 1.82) is 0 Å². The first-order valence-electron chi connectivity index (χ1n) is 9.63. The summed E-state index contributed by atoms with van der Waals surface area (Å²) in [6, 6.07) is 13.7. The van der Waals surface area contributed by atoms with Gasteiger partial charge in [-0.3, -0.25) is 9.79 Å². The first-order chi connectivity index (χ1) is 14.0. The third-order valence-electron chi connectivity index (χ3n) is 4.21. The molecule has 0 atom stereocenters. The Labute approximate surface area is 171 Å². The Kier molecular flexibility index (Phi) is 8.95. The molecule has 0 aromatic heterocycles. The van der Waals surface area contributed by atoms with Crippen LogP contribution < -0.4 is 15.4 Å². The van der Waals surface area contributed by atoms with Crippen molar-refractivity contribution in [3.05, 3.63) is 65.5 Å². The van der Waals surface area contributed by atoms with Crippen molar-refractivity contribution in [2.45, 2.75) is 12.8 Å². The van der Waals surface area contributed by atoms with E-state index in [-0.39, 0.29) is 11.7 Å². The summed E-state index contributed by atoms with van der Waals surface area (Å²) < 4.78 is 18.4. The number of aliphatic imine (C=N–C) groups is 1. The number of nitrogens with one attached hydrogen (secondary N) is 2. The fourth-order valence-electron chi connectivity index (χ4n) is 2.66. The molecule has 6 nitrogen and oxygen atoms in total. The Morgan fingerprint density at radius 1 is 1.10 bits per heavy atom. The molecule has 0 heterocycles. The fourth-order valence-corrected chi connectivity index (χ4v) is 2.66. The van der Waals surface area contributed by atoms with Gasteiger partial charge in [-0.15, -0.1) is 0 Å². The average Bonchev–Trinajstić information content (AvgIpc) is 2.73. The van der Waals surface area contributed by atoms with E-state index in [2.05, 4.69) is 15.6 Å². The summed E-state index contributed by atoms with van der Waals surface area (Å²) in [5.74, 6) is 1.10. The van der Waals surface area contributed by atoms with Crippen LogP contribution in [-0.2, 0) is 6.42 Å². The van der Waals surface area contributed by atoms with Crippen LogP contribution in [0, 0.1) is 5.82 Å². The van der Waals surface area contributed by atoms with E-state index in [1.54, 1.807) is 38.2 Å². The molecule has 0 bridgehead atoms. The number of benzene rings is 2. The molecule has 0 fully saturated rings. The van der Waals surface area contributed by atoms with Gasteiger partial charge in [0.25, 0.3) is 5.91 Å². The minimum atomic E-state index is -0.273. The number of guanidine groups is 1. The van der Waals surface area contributed by atoms with Gasteiger partial charge in [-0.25, -0.2) is 4.39 Å². The zero-order valence-corrected chi connectivity index (χ0v) is 17.2. The first-order valence-corrected chi connectivity index (χ1v) is 9.63. The maximum Gasteiger partial charge on any atom is 0.253 e. The first kappa shape index (κ1) is 22.2. The predicted molar refractivity (Wildman–Crippen MR) is 114 cm³/mol. The number of hydrogen-bond acceptors (Lipinski definition) is 3. The minimum absolute atomic E-state index is 0.000131. The highest BCUT2D eigenvalue weighted by molar-refractivity contribution is 5.94. The van der Waals surface area contributed by atoms with Crippen LogP contribution in [0.25, 0.3) is 0 Å². The Hall–Kier alpha value is -3.09. The van der Waals surface area contributed by atoms with Gasteiger partial charge < -0.3 is 20.3 Å². The Morgan fingerprint density at radius 3 is 2.52 bits per heavy atom. The van der Waals surface area contributed by atoms with Crippen molar-refractivity contribution in [2.75, 3.05) is 40.8 Å². The highest BCUT2D eigenvalue weighted by atomic mass is 19.1. The second kappa shape index (κ2) is 11.7. The molecule has 0 aliphatic carbocycles. The number of carbonyl (C=O) groups excluding carboxylic acids is 1. The van der Waals surface area contributed by atoms with Crippen LogP contribution >= 0.6 is 0 Å². The predicted octanol–water partition coefficient (Wildman–Crippen LogP) is 2.70. The molecule has 7 heteroatoms. The zero-order chi connectivity index (χ0) is 21.1. The van der Waals surface area contributed by atoms with E-state index in [0.29, 0.717) is 37.0 Å². The van der Waals surface area contributed by atoms with Gasteiger partial charge in [0.1, 0.15) is 11.6 Å². The average molecular weight is 400 g/mol. The van der Waals surface area contributed by atoms with E-state index >= 15 is 0 Å². The summed E-state index contributed by atoms with van der Waals surface area (Å²) in [5.41, 5.74) is 1.78. The molecule has 0 spiro atoms. The van der Waals surface area contributed by atoms with Crippen LogP contribution in [0.4, 0.5) is 4.39 Å². The number of ether oxygens (including phenoxy) is 1. The summed E-state index contributed by atoms with van der Waals surface area (Å²) in [6.07, 6.45) is 1.57. The summed E-state index contributed by atoms with van der Waals surface area (Å²) in [4.78, 5) is 17.8. The van der Waals surface area contributed by atoms with Gasteiger partial charge in [-0.2, -0.15) is 0 Å². The zero-order valence-electron chi connectivity index (χ0n) is 17.2. The third-order valence-corrected chi connectivity index (χ3v) is 4.21. The van der Waals surface area contributed by atoms with Gasteiger partial charge in [0.2, 0.25) is 0 Å². The topological polar surface area (TPSA) is 66.0 Å².